The summed E-state index contributed by atoms with van der Waals surface area (Å²) < 4.78 is 0. The van der Waals surface area contributed by atoms with E-state index in [1.54, 1.807) is 11.0 Å². The summed E-state index contributed by atoms with van der Waals surface area (Å²) in [7, 11) is 0. The van der Waals surface area contributed by atoms with E-state index >= 15 is 0 Å². The summed E-state index contributed by atoms with van der Waals surface area (Å²) in [6.07, 6.45) is 4.42. The van der Waals surface area contributed by atoms with Crippen molar-refractivity contribution in [3.8, 4) is 0 Å². The molecule has 1 saturated heterocycles. The lowest BCUT2D eigenvalue weighted by Gasteiger charge is -2.34. The number of hydrogen-bond donors (Lipinski definition) is 1. The monoisotopic (exact) mass is 364 g/mol. The summed E-state index contributed by atoms with van der Waals surface area (Å²) in [5.41, 5.74) is 0. The Hall–Kier alpha value is -1.80. The van der Waals surface area contributed by atoms with E-state index in [9.17, 15) is 9.59 Å². The van der Waals surface area contributed by atoms with Crippen molar-refractivity contribution in [2.24, 2.45) is 0 Å². The van der Waals surface area contributed by atoms with Crippen LogP contribution in [0.4, 0.5) is 5.13 Å². The van der Waals surface area contributed by atoms with Gasteiger partial charge in [0.05, 0.1) is 4.88 Å². The molecule has 2 aromatic heterocycles. The number of thiophene rings is 1. The van der Waals surface area contributed by atoms with Crippen LogP contribution in [0.5, 0.6) is 0 Å². The fourth-order valence-electron chi connectivity index (χ4n) is 2.80. The van der Waals surface area contributed by atoms with Crippen molar-refractivity contribution in [1.29, 1.82) is 0 Å². The van der Waals surface area contributed by atoms with Crippen LogP contribution in [0.1, 0.15) is 47.3 Å². The maximum absolute atomic E-state index is 12.7. The number of rotatable bonds is 5. The van der Waals surface area contributed by atoms with Gasteiger partial charge in [-0.25, -0.2) is 0 Å². The molecule has 6 nitrogen and oxygen atoms in total. The molecule has 0 spiro atoms. The molecule has 1 aliphatic heterocycles. The van der Waals surface area contributed by atoms with Crippen molar-refractivity contribution in [3.63, 3.8) is 0 Å². The zero-order chi connectivity index (χ0) is 16.9. The fraction of sp³-hybridized carbons (Fsp3) is 0.500. The molecule has 0 radical (unpaired) electrons. The summed E-state index contributed by atoms with van der Waals surface area (Å²) in [6, 6.07) is 3.22. The summed E-state index contributed by atoms with van der Waals surface area (Å²) in [5.74, 6) is -0.229. The first-order valence-electron chi connectivity index (χ1n) is 8.16. The molecule has 24 heavy (non-hydrogen) atoms. The van der Waals surface area contributed by atoms with Crippen molar-refractivity contribution in [3.05, 3.63) is 27.4 Å². The minimum atomic E-state index is -0.438. The van der Waals surface area contributed by atoms with Gasteiger partial charge in [0, 0.05) is 13.0 Å². The number of nitrogens with zero attached hydrogens (tertiary/aromatic N) is 3. The molecule has 0 aromatic carbocycles. The Morgan fingerprint density at radius 2 is 2.25 bits per heavy atom. The number of hydrogen-bond acceptors (Lipinski definition) is 6. The van der Waals surface area contributed by atoms with Crippen LogP contribution < -0.4 is 5.32 Å². The van der Waals surface area contributed by atoms with E-state index < -0.39 is 6.04 Å². The van der Waals surface area contributed by atoms with Gasteiger partial charge in [0.25, 0.3) is 5.91 Å². The number of amides is 2. The van der Waals surface area contributed by atoms with Crippen molar-refractivity contribution < 1.29 is 9.59 Å². The quantitative estimate of drug-likeness (QED) is 0.884. The van der Waals surface area contributed by atoms with Crippen LogP contribution in [0, 0.1) is 0 Å². The molecule has 1 atom stereocenters. The molecule has 3 heterocycles. The van der Waals surface area contributed by atoms with Crippen molar-refractivity contribution in [2.75, 3.05) is 11.9 Å². The van der Waals surface area contributed by atoms with E-state index in [2.05, 4.69) is 22.4 Å². The van der Waals surface area contributed by atoms with Gasteiger partial charge in [-0.05, 0) is 37.1 Å². The maximum atomic E-state index is 12.7. The highest BCUT2D eigenvalue weighted by Crippen LogP contribution is 2.24. The summed E-state index contributed by atoms with van der Waals surface area (Å²) >= 11 is 2.81. The van der Waals surface area contributed by atoms with Gasteiger partial charge < -0.3 is 4.90 Å². The standard InChI is InChI=1S/C16H20N4O2S2/c1-2-6-13-18-19-16(24-13)17-14(21)11-7-3-4-9-20(11)15(22)12-8-5-10-23-12/h5,8,10-11H,2-4,6-7,9H2,1H3,(H,17,19,21). The van der Waals surface area contributed by atoms with Crippen molar-refractivity contribution in [2.45, 2.75) is 45.1 Å². The number of anilines is 1. The molecule has 1 N–H and O–H groups in total. The Morgan fingerprint density at radius 3 is 3.00 bits per heavy atom. The van der Waals surface area contributed by atoms with Gasteiger partial charge in [-0.2, -0.15) is 0 Å². The molecule has 0 saturated carbocycles. The number of carbonyl (C=O) groups excluding carboxylic acids is 2. The number of likely N-dealkylation sites (tertiary alicyclic amines) is 1. The first-order chi connectivity index (χ1) is 11.7. The van der Waals surface area contributed by atoms with Gasteiger partial charge in [-0.1, -0.05) is 24.3 Å². The first-order valence-corrected chi connectivity index (χ1v) is 9.86. The van der Waals surface area contributed by atoms with Crippen LogP contribution in [0.25, 0.3) is 0 Å². The van der Waals surface area contributed by atoms with E-state index in [-0.39, 0.29) is 11.8 Å². The number of piperidine rings is 1. The molecule has 8 heteroatoms. The van der Waals surface area contributed by atoms with Gasteiger partial charge in [0.2, 0.25) is 11.0 Å². The number of aromatic nitrogens is 2. The SMILES string of the molecule is CCCc1nnc(NC(=O)C2CCCCN2C(=O)c2cccs2)s1. The number of nitrogens with one attached hydrogen (secondary N) is 1. The summed E-state index contributed by atoms with van der Waals surface area (Å²) in [5, 5.41) is 14.2. The van der Waals surface area contributed by atoms with Gasteiger partial charge in [-0.3, -0.25) is 14.9 Å². The molecule has 2 amide bonds. The van der Waals surface area contributed by atoms with Gasteiger partial charge in [-0.15, -0.1) is 21.5 Å². The third kappa shape index (κ3) is 3.81. The van der Waals surface area contributed by atoms with Crippen LogP contribution in [0.15, 0.2) is 17.5 Å². The zero-order valence-electron chi connectivity index (χ0n) is 13.5. The average Bonchev–Trinajstić information content (AvgIpc) is 3.27. The van der Waals surface area contributed by atoms with Gasteiger partial charge >= 0.3 is 0 Å². The lowest BCUT2D eigenvalue weighted by Crippen LogP contribution is -2.49. The molecule has 1 aliphatic rings. The van der Waals surface area contributed by atoms with Crippen molar-refractivity contribution >= 4 is 39.6 Å². The third-order valence-electron chi connectivity index (χ3n) is 3.96. The zero-order valence-corrected chi connectivity index (χ0v) is 15.2. The number of aryl methyl sites for hydroxylation is 1. The lowest BCUT2D eigenvalue weighted by molar-refractivity contribution is -0.121. The van der Waals surface area contributed by atoms with Crippen molar-refractivity contribution in [1.82, 2.24) is 15.1 Å². The Labute approximate surface area is 148 Å². The molecule has 1 fully saturated rings. The Kier molecular flexibility index (Phi) is 5.57. The fourth-order valence-corrected chi connectivity index (χ4v) is 4.32. The predicted molar refractivity (Wildman–Crippen MR) is 95.5 cm³/mol. The maximum Gasteiger partial charge on any atom is 0.264 e. The lowest BCUT2D eigenvalue weighted by atomic mass is 10.0. The second-order valence-electron chi connectivity index (χ2n) is 5.73. The van der Waals surface area contributed by atoms with E-state index in [0.717, 1.165) is 30.7 Å². The topological polar surface area (TPSA) is 75.2 Å². The summed E-state index contributed by atoms with van der Waals surface area (Å²) in [6.45, 7) is 2.70. The Bertz CT molecular complexity index is 699. The predicted octanol–water partition coefficient (Wildman–Crippen LogP) is 3.19. The van der Waals surface area contributed by atoms with E-state index in [1.807, 2.05) is 11.4 Å². The average molecular weight is 364 g/mol. The third-order valence-corrected chi connectivity index (χ3v) is 5.72. The highest BCUT2D eigenvalue weighted by atomic mass is 32.1. The van der Waals surface area contributed by atoms with Gasteiger partial charge in [0.1, 0.15) is 11.0 Å². The highest BCUT2D eigenvalue weighted by Gasteiger charge is 2.33. The van der Waals surface area contributed by atoms with Crippen LogP contribution in [0.3, 0.4) is 0 Å². The molecular weight excluding hydrogens is 344 g/mol. The molecule has 3 rings (SSSR count). The minimum Gasteiger partial charge on any atom is -0.326 e. The highest BCUT2D eigenvalue weighted by molar-refractivity contribution is 7.15. The number of carbonyl (C=O) groups is 2. The van der Waals surface area contributed by atoms with Crippen LogP contribution in [-0.2, 0) is 11.2 Å². The Morgan fingerprint density at radius 1 is 1.38 bits per heavy atom. The molecule has 128 valence electrons. The second-order valence-corrected chi connectivity index (χ2v) is 7.74. The smallest absolute Gasteiger partial charge is 0.264 e. The summed E-state index contributed by atoms with van der Waals surface area (Å²) in [4.78, 5) is 27.7. The van der Waals surface area contributed by atoms with Crippen LogP contribution in [0.2, 0.25) is 0 Å². The van der Waals surface area contributed by atoms with Crippen LogP contribution in [-0.4, -0.2) is 39.5 Å². The van der Waals surface area contributed by atoms with E-state index in [4.69, 9.17) is 0 Å². The van der Waals surface area contributed by atoms with Crippen LogP contribution >= 0.6 is 22.7 Å². The Balaban J connectivity index is 1.69. The molecular formula is C16H20N4O2S2. The molecule has 2 aromatic rings. The van der Waals surface area contributed by atoms with E-state index in [0.29, 0.717) is 23.0 Å². The minimum absolute atomic E-state index is 0.0613. The molecule has 0 aliphatic carbocycles. The second kappa shape index (κ2) is 7.85. The van der Waals surface area contributed by atoms with E-state index in [1.165, 1.54) is 22.7 Å². The van der Waals surface area contributed by atoms with Gasteiger partial charge in [0.15, 0.2) is 0 Å². The first kappa shape index (κ1) is 17.0. The molecule has 1 unspecified atom stereocenters. The largest absolute Gasteiger partial charge is 0.326 e. The normalized spacial score (nSPS) is 17.7. The molecule has 0 bridgehead atoms.